The molecule has 2 rings (SSSR count). The van der Waals surface area contributed by atoms with Gasteiger partial charge in [0, 0.05) is 12.3 Å². The number of carbonyl (C=O) groups is 1. The van der Waals surface area contributed by atoms with Gasteiger partial charge in [-0.2, -0.15) is 0 Å². The van der Waals surface area contributed by atoms with Crippen molar-refractivity contribution in [2.45, 2.75) is 130 Å². The number of hydrogen-bond acceptors (Lipinski definition) is 3. The number of carboxylic acid groups (broad SMARTS) is 1. The third-order valence-corrected chi connectivity index (χ3v) is 7.80. The first-order valence-electron chi connectivity index (χ1n) is 15.6. The lowest BCUT2D eigenvalue weighted by Crippen LogP contribution is -2.32. The molecule has 0 aromatic heterocycles. The predicted molar refractivity (Wildman–Crippen MR) is 161 cm³/mol. The number of ether oxygens (including phenoxy) is 2. The Morgan fingerprint density at radius 1 is 0.667 bits per heavy atom. The molecule has 0 heterocycles. The fraction of sp³-hybridized carbons (Fsp3) is 0.629. The highest BCUT2D eigenvalue weighted by atomic mass is 16.7. The van der Waals surface area contributed by atoms with Gasteiger partial charge in [-0.15, -0.1) is 0 Å². The Balaban J connectivity index is 1.77. The van der Waals surface area contributed by atoms with Crippen LogP contribution < -0.4 is 0 Å². The van der Waals surface area contributed by atoms with E-state index in [9.17, 15) is 9.90 Å². The van der Waals surface area contributed by atoms with E-state index in [1.807, 2.05) is 60.7 Å². The maximum absolute atomic E-state index is 11.7. The molecule has 2 aromatic rings. The lowest BCUT2D eigenvalue weighted by molar-refractivity contribution is -0.193. The van der Waals surface area contributed by atoms with Crippen LogP contribution in [0.15, 0.2) is 60.7 Å². The van der Waals surface area contributed by atoms with E-state index in [0.29, 0.717) is 13.2 Å². The Morgan fingerprint density at radius 3 is 1.49 bits per heavy atom. The van der Waals surface area contributed by atoms with Crippen molar-refractivity contribution in [1.29, 1.82) is 0 Å². The molecule has 0 bridgehead atoms. The molecule has 39 heavy (non-hydrogen) atoms. The highest BCUT2D eigenvalue weighted by Crippen LogP contribution is 2.29. The van der Waals surface area contributed by atoms with Crippen molar-refractivity contribution >= 4 is 5.97 Å². The maximum Gasteiger partial charge on any atom is 0.303 e. The second-order valence-corrected chi connectivity index (χ2v) is 11.2. The van der Waals surface area contributed by atoms with Gasteiger partial charge in [0.1, 0.15) is 0 Å². The van der Waals surface area contributed by atoms with Crippen molar-refractivity contribution in [1.82, 2.24) is 0 Å². The van der Waals surface area contributed by atoms with Gasteiger partial charge in [-0.3, -0.25) is 4.79 Å². The van der Waals surface area contributed by atoms with Gasteiger partial charge < -0.3 is 14.6 Å². The van der Waals surface area contributed by atoms with Gasteiger partial charge >= 0.3 is 5.97 Å². The Labute approximate surface area is 238 Å². The van der Waals surface area contributed by atoms with Crippen LogP contribution in [-0.4, -0.2) is 17.4 Å². The van der Waals surface area contributed by atoms with E-state index in [4.69, 9.17) is 9.47 Å². The second kappa shape index (κ2) is 21.6. The average molecular weight is 539 g/mol. The van der Waals surface area contributed by atoms with Gasteiger partial charge in [0.25, 0.3) is 0 Å². The quantitative estimate of drug-likeness (QED) is 0.107. The first-order valence-corrected chi connectivity index (χ1v) is 15.6. The third kappa shape index (κ3) is 15.9. The van der Waals surface area contributed by atoms with Crippen molar-refractivity contribution in [3.8, 4) is 0 Å². The summed E-state index contributed by atoms with van der Waals surface area (Å²) in [5.74, 6) is -0.746. The van der Waals surface area contributed by atoms with Gasteiger partial charge in [0.15, 0.2) is 6.29 Å². The zero-order chi connectivity index (χ0) is 28.0. The Kier molecular flexibility index (Phi) is 18.3. The summed E-state index contributed by atoms with van der Waals surface area (Å²) in [4.78, 5) is 11.7. The molecule has 1 N–H and O–H groups in total. The van der Waals surface area contributed by atoms with Crippen LogP contribution in [0.25, 0.3) is 0 Å². The smallest absolute Gasteiger partial charge is 0.303 e. The van der Waals surface area contributed by atoms with Crippen LogP contribution >= 0.6 is 0 Å². The summed E-state index contributed by atoms with van der Waals surface area (Å²) < 4.78 is 12.6. The van der Waals surface area contributed by atoms with Crippen LogP contribution in [-0.2, 0) is 27.5 Å². The number of unbranched alkanes of at least 4 members (excludes halogenated alkanes) is 12. The summed E-state index contributed by atoms with van der Waals surface area (Å²) in [7, 11) is 0. The highest BCUT2D eigenvalue weighted by molar-refractivity contribution is 5.67. The molecule has 2 atom stereocenters. The lowest BCUT2D eigenvalue weighted by atomic mass is 9.85. The molecule has 2 unspecified atom stereocenters. The zero-order valence-corrected chi connectivity index (χ0v) is 24.7. The number of aliphatic carboxylic acids is 1. The third-order valence-electron chi connectivity index (χ3n) is 7.80. The minimum atomic E-state index is -0.744. The summed E-state index contributed by atoms with van der Waals surface area (Å²) in [6.45, 7) is 5.26. The average Bonchev–Trinajstić information content (AvgIpc) is 2.95. The lowest BCUT2D eigenvalue weighted by Gasteiger charge is -2.30. The SMILES string of the molecule is CCCCCCCCCCCCCCCC(CC(=O)O)C(C)C(OCc1ccccc1)OCc1ccccc1. The monoisotopic (exact) mass is 538 g/mol. The molecular weight excluding hydrogens is 484 g/mol. The molecule has 4 nitrogen and oxygen atoms in total. The van der Waals surface area contributed by atoms with Crippen LogP contribution in [0, 0.1) is 11.8 Å². The van der Waals surface area contributed by atoms with Gasteiger partial charge in [-0.05, 0) is 23.5 Å². The molecule has 0 saturated carbocycles. The molecule has 0 aliphatic heterocycles. The van der Waals surface area contributed by atoms with E-state index < -0.39 is 12.3 Å². The topological polar surface area (TPSA) is 55.8 Å². The maximum atomic E-state index is 11.7. The van der Waals surface area contributed by atoms with Crippen molar-refractivity contribution in [3.63, 3.8) is 0 Å². The Hall–Kier alpha value is -2.17. The van der Waals surface area contributed by atoms with Crippen LogP contribution in [0.1, 0.15) is 121 Å². The largest absolute Gasteiger partial charge is 0.481 e. The summed E-state index contributed by atoms with van der Waals surface area (Å²) in [5.41, 5.74) is 2.17. The van der Waals surface area contributed by atoms with Crippen LogP contribution in [0.4, 0.5) is 0 Å². The molecule has 0 spiro atoms. The summed E-state index contributed by atoms with van der Waals surface area (Å²) >= 11 is 0. The Bertz CT molecular complexity index is 795. The van der Waals surface area contributed by atoms with E-state index in [1.165, 1.54) is 77.0 Å². The fourth-order valence-electron chi connectivity index (χ4n) is 5.28. The van der Waals surface area contributed by atoms with E-state index in [-0.39, 0.29) is 18.3 Å². The van der Waals surface area contributed by atoms with Crippen LogP contribution in [0.2, 0.25) is 0 Å². The number of carboxylic acids is 1. The van der Waals surface area contributed by atoms with Crippen molar-refractivity contribution in [2.75, 3.05) is 0 Å². The van der Waals surface area contributed by atoms with Gasteiger partial charge in [0.2, 0.25) is 0 Å². The van der Waals surface area contributed by atoms with Gasteiger partial charge in [0.05, 0.1) is 13.2 Å². The van der Waals surface area contributed by atoms with Gasteiger partial charge in [-0.25, -0.2) is 0 Å². The number of hydrogen-bond donors (Lipinski definition) is 1. The molecule has 0 aliphatic carbocycles. The molecule has 2 aromatic carbocycles. The van der Waals surface area contributed by atoms with Crippen molar-refractivity contribution in [2.24, 2.45) is 11.8 Å². The molecule has 0 radical (unpaired) electrons. The second-order valence-electron chi connectivity index (χ2n) is 11.2. The minimum Gasteiger partial charge on any atom is -0.481 e. The van der Waals surface area contributed by atoms with Crippen molar-refractivity contribution < 1.29 is 19.4 Å². The first-order chi connectivity index (χ1) is 19.1. The minimum absolute atomic E-state index is 0.0201. The van der Waals surface area contributed by atoms with E-state index in [1.54, 1.807) is 0 Å². The molecule has 0 saturated heterocycles. The van der Waals surface area contributed by atoms with Crippen molar-refractivity contribution in [3.05, 3.63) is 71.8 Å². The summed E-state index contributed by atoms with van der Waals surface area (Å²) in [6, 6.07) is 20.2. The van der Waals surface area contributed by atoms with Crippen LogP contribution in [0.5, 0.6) is 0 Å². The van der Waals surface area contributed by atoms with E-state index >= 15 is 0 Å². The first kappa shape index (κ1) is 33.0. The molecular formula is C35H54O4. The fourth-order valence-corrected chi connectivity index (χ4v) is 5.28. The highest BCUT2D eigenvalue weighted by Gasteiger charge is 2.29. The van der Waals surface area contributed by atoms with E-state index in [2.05, 4.69) is 13.8 Å². The molecule has 0 aliphatic rings. The number of benzene rings is 2. The molecule has 0 amide bonds. The molecule has 218 valence electrons. The standard InChI is InChI=1S/C35H54O4/c1-3-4-5-6-7-8-9-10-11-12-13-14-21-26-33(27-34(36)37)30(2)35(38-28-31-22-17-15-18-23-31)39-29-32-24-19-16-20-25-32/h15-20,22-25,30,33,35H,3-14,21,26-29H2,1-2H3,(H,36,37). The zero-order valence-electron chi connectivity index (χ0n) is 24.7. The molecule has 0 fully saturated rings. The summed E-state index contributed by atoms with van der Waals surface area (Å²) in [6.07, 6.45) is 17.7. The number of rotatable bonds is 24. The summed E-state index contributed by atoms with van der Waals surface area (Å²) in [5, 5.41) is 9.65. The molecule has 4 heteroatoms. The predicted octanol–water partition coefficient (Wildman–Crippen LogP) is 9.95. The normalized spacial score (nSPS) is 13.0. The van der Waals surface area contributed by atoms with Gasteiger partial charge in [-0.1, -0.05) is 158 Å². The van der Waals surface area contributed by atoms with Crippen LogP contribution in [0.3, 0.4) is 0 Å². The van der Waals surface area contributed by atoms with E-state index in [0.717, 1.165) is 24.0 Å². The Morgan fingerprint density at radius 2 is 1.08 bits per heavy atom.